The number of rotatable bonds is 4. The average molecular weight is 278 g/mol. The Bertz CT molecular complexity index is 411. The van der Waals surface area contributed by atoms with Crippen LogP contribution in [-0.4, -0.2) is 72.5 Å². The zero-order valence-corrected chi connectivity index (χ0v) is 11.7. The lowest BCUT2D eigenvalue weighted by atomic mass is 9.96. The third-order valence-corrected chi connectivity index (χ3v) is 4.24. The SMILES string of the molecule is OC[C@@H]1CN(c2ncccn2)C[C@@H]1CN1CCOCC1. The second-order valence-electron chi connectivity index (χ2n) is 5.57. The van der Waals surface area contributed by atoms with Gasteiger partial charge in [-0.3, -0.25) is 4.90 Å². The smallest absolute Gasteiger partial charge is 0.225 e. The number of aliphatic hydroxyl groups is 1. The van der Waals surface area contributed by atoms with Crippen LogP contribution in [0.2, 0.25) is 0 Å². The molecule has 0 unspecified atom stereocenters. The molecule has 0 aliphatic carbocycles. The van der Waals surface area contributed by atoms with Crippen molar-refractivity contribution in [2.45, 2.75) is 0 Å². The molecule has 2 fully saturated rings. The van der Waals surface area contributed by atoms with Crippen molar-refractivity contribution in [3.8, 4) is 0 Å². The molecule has 2 aliphatic rings. The topological polar surface area (TPSA) is 61.7 Å². The molecule has 1 aromatic heterocycles. The molecule has 1 aromatic rings. The van der Waals surface area contributed by atoms with Crippen LogP contribution < -0.4 is 4.90 Å². The normalized spacial score (nSPS) is 27.9. The van der Waals surface area contributed by atoms with Crippen molar-refractivity contribution in [2.24, 2.45) is 11.8 Å². The second-order valence-corrected chi connectivity index (χ2v) is 5.57. The first kappa shape index (κ1) is 13.7. The largest absolute Gasteiger partial charge is 0.396 e. The van der Waals surface area contributed by atoms with Crippen LogP contribution in [0.1, 0.15) is 0 Å². The molecule has 0 saturated carbocycles. The predicted octanol–water partition coefficient (Wildman–Crippen LogP) is -0.146. The van der Waals surface area contributed by atoms with Crippen molar-refractivity contribution in [2.75, 3.05) is 57.4 Å². The molecular weight excluding hydrogens is 256 g/mol. The first-order valence-electron chi connectivity index (χ1n) is 7.29. The number of aliphatic hydroxyl groups excluding tert-OH is 1. The van der Waals surface area contributed by atoms with E-state index in [0.29, 0.717) is 11.8 Å². The summed E-state index contributed by atoms with van der Waals surface area (Å²) in [5.74, 6) is 1.55. The summed E-state index contributed by atoms with van der Waals surface area (Å²) in [5.41, 5.74) is 0. The van der Waals surface area contributed by atoms with Gasteiger partial charge in [-0.25, -0.2) is 9.97 Å². The molecule has 110 valence electrons. The third-order valence-electron chi connectivity index (χ3n) is 4.24. The van der Waals surface area contributed by atoms with Gasteiger partial charge in [0.05, 0.1) is 13.2 Å². The molecule has 3 heterocycles. The zero-order chi connectivity index (χ0) is 13.8. The maximum absolute atomic E-state index is 9.62. The maximum atomic E-state index is 9.62. The van der Waals surface area contributed by atoms with Crippen molar-refractivity contribution in [1.29, 1.82) is 0 Å². The number of ether oxygens (including phenoxy) is 1. The molecular formula is C14H22N4O2. The van der Waals surface area contributed by atoms with E-state index in [1.807, 2.05) is 6.07 Å². The number of nitrogens with zero attached hydrogens (tertiary/aromatic N) is 4. The van der Waals surface area contributed by atoms with Gasteiger partial charge in [-0.05, 0) is 12.0 Å². The van der Waals surface area contributed by atoms with E-state index in [0.717, 1.165) is 51.9 Å². The van der Waals surface area contributed by atoms with Crippen molar-refractivity contribution < 1.29 is 9.84 Å². The Hall–Kier alpha value is -1.24. The Labute approximate surface area is 119 Å². The van der Waals surface area contributed by atoms with Crippen LogP contribution in [0.15, 0.2) is 18.5 Å². The molecule has 6 heteroatoms. The maximum Gasteiger partial charge on any atom is 0.225 e. The third kappa shape index (κ3) is 3.08. The lowest BCUT2D eigenvalue weighted by molar-refractivity contribution is 0.0268. The van der Waals surface area contributed by atoms with Gasteiger partial charge < -0.3 is 14.7 Å². The zero-order valence-electron chi connectivity index (χ0n) is 11.7. The highest BCUT2D eigenvalue weighted by Gasteiger charge is 2.34. The van der Waals surface area contributed by atoms with E-state index in [2.05, 4.69) is 19.8 Å². The van der Waals surface area contributed by atoms with Crippen molar-refractivity contribution in [3.63, 3.8) is 0 Å². The van der Waals surface area contributed by atoms with Crippen LogP contribution in [-0.2, 0) is 4.74 Å². The fraction of sp³-hybridized carbons (Fsp3) is 0.714. The standard InChI is InChI=1S/C14H22N4O2/c19-11-13-10-18(14-15-2-1-3-16-14)9-12(13)8-17-4-6-20-7-5-17/h1-3,12-13,19H,4-11H2/t12-,13-/m0/s1. The van der Waals surface area contributed by atoms with E-state index in [9.17, 15) is 5.11 Å². The molecule has 0 radical (unpaired) electrons. The number of morpholine rings is 1. The molecule has 2 atom stereocenters. The van der Waals surface area contributed by atoms with E-state index in [1.54, 1.807) is 12.4 Å². The van der Waals surface area contributed by atoms with E-state index in [-0.39, 0.29) is 6.61 Å². The van der Waals surface area contributed by atoms with Gasteiger partial charge in [-0.15, -0.1) is 0 Å². The fourth-order valence-corrected chi connectivity index (χ4v) is 3.09. The molecule has 0 spiro atoms. The van der Waals surface area contributed by atoms with Crippen LogP contribution in [0.4, 0.5) is 5.95 Å². The summed E-state index contributed by atoms with van der Waals surface area (Å²) in [6.07, 6.45) is 3.54. The molecule has 2 aliphatic heterocycles. The Balaban J connectivity index is 1.62. The molecule has 6 nitrogen and oxygen atoms in total. The van der Waals surface area contributed by atoms with Crippen LogP contribution in [0.3, 0.4) is 0 Å². The monoisotopic (exact) mass is 278 g/mol. The lowest BCUT2D eigenvalue weighted by Crippen LogP contribution is -2.41. The summed E-state index contributed by atoms with van der Waals surface area (Å²) in [4.78, 5) is 13.2. The Morgan fingerprint density at radius 2 is 1.85 bits per heavy atom. The van der Waals surface area contributed by atoms with Gasteiger partial charge in [0.15, 0.2) is 0 Å². The van der Waals surface area contributed by atoms with Gasteiger partial charge in [0, 0.05) is 57.6 Å². The molecule has 3 rings (SSSR count). The quantitative estimate of drug-likeness (QED) is 0.827. The van der Waals surface area contributed by atoms with Gasteiger partial charge in [0.1, 0.15) is 0 Å². The highest BCUT2D eigenvalue weighted by atomic mass is 16.5. The molecule has 0 aromatic carbocycles. The van der Waals surface area contributed by atoms with Gasteiger partial charge in [-0.1, -0.05) is 0 Å². The van der Waals surface area contributed by atoms with Crippen LogP contribution in [0.5, 0.6) is 0 Å². The summed E-state index contributed by atoms with van der Waals surface area (Å²) in [6, 6.07) is 1.83. The highest BCUT2D eigenvalue weighted by molar-refractivity contribution is 5.31. The number of hydrogen-bond acceptors (Lipinski definition) is 6. The molecule has 0 amide bonds. The van der Waals surface area contributed by atoms with Gasteiger partial charge in [-0.2, -0.15) is 0 Å². The average Bonchev–Trinajstić information content (AvgIpc) is 2.92. The van der Waals surface area contributed by atoms with Gasteiger partial charge in [0.2, 0.25) is 5.95 Å². The van der Waals surface area contributed by atoms with Crippen molar-refractivity contribution in [1.82, 2.24) is 14.9 Å². The first-order valence-corrected chi connectivity index (χ1v) is 7.29. The second kappa shape index (κ2) is 6.47. The summed E-state index contributed by atoms with van der Waals surface area (Å²) in [6.45, 7) is 6.66. The Morgan fingerprint density at radius 3 is 2.55 bits per heavy atom. The molecule has 20 heavy (non-hydrogen) atoms. The van der Waals surface area contributed by atoms with E-state index in [4.69, 9.17) is 4.74 Å². The van der Waals surface area contributed by atoms with E-state index in [1.165, 1.54) is 0 Å². The number of anilines is 1. The van der Waals surface area contributed by atoms with Gasteiger partial charge in [0.25, 0.3) is 0 Å². The summed E-state index contributed by atoms with van der Waals surface area (Å²) < 4.78 is 5.39. The molecule has 1 N–H and O–H groups in total. The first-order chi connectivity index (χ1) is 9.86. The summed E-state index contributed by atoms with van der Waals surface area (Å²) >= 11 is 0. The predicted molar refractivity (Wildman–Crippen MR) is 75.6 cm³/mol. The number of hydrogen-bond donors (Lipinski definition) is 1. The number of aromatic nitrogens is 2. The van der Waals surface area contributed by atoms with Crippen LogP contribution in [0.25, 0.3) is 0 Å². The molecule has 2 saturated heterocycles. The van der Waals surface area contributed by atoms with E-state index < -0.39 is 0 Å². The van der Waals surface area contributed by atoms with Crippen LogP contribution in [0, 0.1) is 11.8 Å². The minimum absolute atomic E-state index is 0.234. The minimum Gasteiger partial charge on any atom is -0.396 e. The van der Waals surface area contributed by atoms with Crippen LogP contribution >= 0.6 is 0 Å². The summed E-state index contributed by atoms with van der Waals surface area (Å²) in [7, 11) is 0. The lowest BCUT2D eigenvalue weighted by Gasteiger charge is -2.30. The summed E-state index contributed by atoms with van der Waals surface area (Å²) in [5, 5.41) is 9.62. The van der Waals surface area contributed by atoms with E-state index >= 15 is 0 Å². The Kier molecular flexibility index (Phi) is 4.44. The molecule has 0 bridgehead atoms. The minimum atomic E-state index is 0.234. The van der Waals surface area contributed by atoms with Crippen molar-refractivity contribution in [3.05, 3.63) is 18.5 Å². The Morgan fingerprint density at radius 1 is 1.15 bits per heavy atom. The van der Waals surface area contributed by atoms with Gasteiger partial charge >= 0.3 is 0 Å². The highest BCUT2D eigenvalue weighted by Crippen LogP contribution is 2.26. The van der Waals surface area contributed by atoms with Crippen molar-refractivity contribution >= 4 is 5.95 Å². The fourth-order valence-electron chi connectivity index (χ4n) is 3.09.